The Hall–Kier alpha value is -3.51. The first-order valence-electron chi connectivity index (χ1n) is 8.49. The summed E-state index contributed by atoms with van der Waals surface area (Å²) in [5.74, 6) is 2.33. The third-order valence-corrected chi connectivity index (χ3v) is 5.40. The Balaban J connectivity index is 2.09. The first-order chi connectivity index (χ1) is 13.8. The fourth-order valence-corrected chi connectivity index (χ4v) is 3.97. The van der Waals surface area contributed by atoms with Gasteiger partial charge in [0.15, 0.2) is 0 Å². The molecular formula is C20H17N3O5S. The van der Waals surface area contributed by atoms with Gasteiger partial charge >= 0.3 is 0 Å². The zero-order chi connectivity index (χ0) is 21.3. The second-order valence-corrected chi connectivity index (χ2v) is 7.24. The Morgan fingerprint density at radius 2 is 2.03 bits per heavy atom. The highest BCUT2D eigenvalue weighted by atomic mass is 32.2. The number of methoxy groups -OCH3 is 1. The minimum Gasteiger partial charge on any atom is -0.495 e. The summed E-state index contributed by atoms with van der Waals surface area (Å²) in [7, 11) is 1.49. The normalized spacial score (nSPS) is 15.1. The number of ether oxygens (including phenoxy) is 1. The average molecular weight is 411 g/mol. The van der Waals surface area contributed by atoms with Crippen LogP contribution in [0, 0.1) is 36.3 Å². The number of aromatic nitrogens is 1. The number of aryl methyl sites for hydroxylation is 1. The van der Waals surface area contributed by atoms with Crippen molar-refractivity contribution in [1.82, 2.24) is 9.47 Å². The van der Waals surface area contributed by atoms with E-state index in [-0.39, 0.29) is 17.1 Å². The fourth-order valence-electron chi connectivity index (χ4n) is 3.14. The molecule has 0 N–H and O–H groups in total. The Labute approximate surface area is 171 Å². The number of non-ortho nitro benzene ring substituents is 1. The number of hydrogen-bond acceptors (Lipinski definition) is 6. The number of nitro groups is 1. The number of benzene rings is 1. The molecule has 1 aromatic carbocycles. The van der Waals surface area contributed by atoms with Gasteiger partial charge in [0.2, 0.25) is 0 Å². The van der Waals surface area contributed by atoms with Crippen LogP contribution in [0.1, 0.15) is 17.0 Å². The minimum absolute atomic E-state index is 0.0646. The van der Waals surface area contributed by atoms with Crippen molar-refractivity contribution in [3.05, 3.63) is 56.2 Å². The van der Waals surface area contributed by atoms with Gasteiger partial charge in [0, 0.05) is 23.5 Å². The maximum absolute atomic E-state index is 12.4. The number of nitrogens with zero attached hydrogens (tertiary/aromatic N) is 3. The molecule has 0 atom stereocenters. The van der Waals surface area contributed by atoms with E-state index in [1.807, 2.05) is 24.5 Å². The standard InChI is InChI=1S/C20H17N3O5S/c1-5-8-21-19(24)18(29-20(21)25)10-14-9-12(2)22(13(14)3)16-11-15(23(26)27)6-7-17(16)28-4/h1,6-7,9-11H,8H2,2-4H3/b18-10+. The second-order valence-electron chi connectivity index (χ2n) is 6.25. The molecule has 0 aliphatic carbocycles. The van der Waals surface area contributed by atoms with Gasteiger partial charge in [-0.15, -0.1) is 6.42 Å². The van der Waals surface area contributed by atoms with E-state index < -0.39 is 16.1 Å². The van der Waals surface area contributed by atoms with Gasteiger partial charge in [-0.3, -0.25) is 24.6 Å². The molecule has 1 fully saturated rings. The number of carbonyl (C=O) groups excluding carboxylic acids is 2. The summed E-state index contributed by atoms with van der Waals surface area (Å²) in [5.41, 5.74) is 2.68. The molecule has 0 spiro atoms. The van der Waals surface area contributed by atoms with Crippen molar-refractivity contribution in [1.29, 1.82) is 0 Å². The number of hydrogen-bond donors (Lipinski definition) is 0. The van der Waals surface area contributed by atoms with Gasteiger partial charge in [0.25, 0.3) is 16.8 Å². The fraction of sp³-hybridized carbons (Fsp3) is 0.200. The van der Waals surface area contributed by atoms with Crippen LogP contribution in [-0.2, 0) is 4.79 Å². The predicted molar refractivity (Wildman–Crippen MR) is 110 cm³/mol. The highest BCUT2D eigenvalue weighted by molar-refractivity contribution is 8.18. The van der Waals surface area contributed by atoms with Gasteiger partial charge in [-0.1, -0.05) is 5.92 Å². The summed E-state index contributed by atoms with van der Waals surface area (Å²) in [6, 6.07) is 6.18. The van der Waals surface area contributed by atoms with Crippen LogP contribution in [-0.4, -0.2) is 39.2 Å². The van der Waals surface area contributed by atoms with Gasteiger partial charge in [0.05, 0.1) is 29.2 Å². The van der Waals surface area contributed by atoms with E-state index >= 15 is 0 Å². The SMILES string of the molecule is C#CCN1C(=O)S/C(=C/c2cc(C)n(-c3cc([N+](=O)[O-])ccc3OC)c2C)C1=O. The van der Waals surface area contributed by atoms with E-state index in [0.717, 1.165) is 28.0 Å². The van der Waals surface area contributed by atoms with Crippen molar-refractivity contribution in [3.63, 3.8) is 0 Å². The maximum Gasteiger partial charge on any atom is 0.294 e. The lowest BCUT2D eigenvalue weighted by atomic mass is 10.2. The van der Waals surface area contributed by atoms with Crippen molar-refractivity contribution >= 4 is 34.7 Å². The number of rotatable bonds is 5. The van der Waals surface area contributed by atoms with Crippen molar-refractivity contribution < 1.29 is 19.2 Å². The first-order valence-corrected chi connectivity index (χ1v) is 9.30. The minimum atomic E-state index is -0.473. The Morgan fingerprint density at radius 1 is 1.31 bits per heavy atom. The molecule has 1 saturated heterocycles. The number of imide groups is 1. The first kappa shape index (κ1) is 20.2. The summed E-state index contributed by atoms with van der Waals surface area (Å²) >= 11 is 0.830. The zero-order valence-corrected chi connectivity index (χ0v) is 16.8. The van der Waals surface area contributed by atoms with Crippen molar-refractivity contribution in [2.45, 2.75) is 13.8 Å². The van der Waals surface area contributed by atoms with Crippen LogP contribution in [0.15, 0.2) is 29.2 Å². The topological polar surface area (TPSA) is 94.7 Å². The molecule has 3 rings (SSSR count). The number of terminal acetylenes is 1. The van der Waals surface area contributed by atoms with Crippen LogP contribution < -0.4 is 4.74 Å². The molecule has 1 aromatic heterocycles. The molecule has 148 valence electrons. The van der Waals surface area contributed by atoms with Crippen LogP contribution in [0.2, 0.25) is 0 Å². The summed E-state index contributed by atoms with van der Waals surface area (Å²) in [6.07, 6.45) is 6.84. The van der Waals surface area contributed by atoms with E-state index in [4.69, 9.17) is 11.2 Å². The molecule has 0 radical (unpaired) electrons. The molecule has 2 amide bonds. The van der Waals surface area contributed by atoms with Gasteiger partial charge in [-0.25, -0.2) is 0 Å². The molecule has 8 nitrogen and oxygen atoms in total. The molecule has 0 unspecified atom stereocenters. The summed E-state index contributed by atoms with van der Waals surface area (Å²) in [6.45, 7) is 3.58. The highest BCUT2D eigenvalue weighted by Crippen LogP contribution is 2.35. The molecule has 0 bridgehead atoms. The van der Waals surface area contributed by atoms with E-state index in [0.29, 0.717) is 17.0 Å². The molecule has 9 heteroatoms. The van der Waals surface area contributed by atoms with E-state index in [1.165, 1.54) is 25.3 Å². The van der Waals surface area contributed by atoms with Gasteiger partial charge in [-0.05, 0) is 49.4 Å². The summed E-state index contributed by atoms with van der Waals surface area (Å²) in [5, 5.41) is 10.8. The Bertz CT molecular complexity index is 1110. The van der Waals surface area contributed by atoms with Crippen LogP contribution in [0.3, 0.4) is 0 Å². The number of amides is 2. The number of thioether (sulfide) groups is 1. The molecule has 2 aromatic rings. The molecule has 0 saturated carbocycles. The predicted octanol–water partition coefficient (Wildman–Crippen LogP) is 3.68. The zero-order valence-electron chi connectivity index (χ0n) is 16.0. The molecular weight excluding hydrogens is 394 g/mol. The van der Waals surface area contributed by atoms with Crippen molar-refractivity contribution in [3.8, 4) is 23.8 Å². The lowest BCUT2D eigenvalue weighted by molar-refractivity contribution is -0.384. The van der Waals surface area contributed by atoms with Gasteiger partial charge < -0.3 is 9.30 Å². The van der Waals surface area contributed by atoms with E-state index in [1.54, 1.807) is 6.08 Å². The van der Waals surface area contributed by atoms with Gasteiger partial charge in [0.1, 0.15) is 5.75 Å². The Kier molecular flexibility index (Phi) is 5.48. The van der Waals surface area contributed by atoms with Crippen LogP contribution in [0.25, 0.3) is 11.8 Å². The maximum atomic E-state index is 12.4. The third-order valence-electron chi connectivity index (χ3n) is 4.49. The van der Waals surface area contributed by atoms with E-state index in [9.17, 15) is 19.7 Å². The largest absolute Gasteiger partial charge is 0.495 e. The van der Waals surface area contributed by atoms with Crippen LogP contribution in [0.4, 0.5) is 10.5 Å². The lowest BCUT2D eigenvalue weighted by Gasteiger charge is -2.13. The molecule has 2 heterocycles. The molecule has 29 heavy (non-hydrogen) atoms. The van der Waals surface area contributed by atoms with Crippen molar-refractivity contribution in [2.24, 2.45) is 0 Å². The monoisotopic (exact) mass is 411 g/mol. The molecule has 1 aliphatic heterocycles. The van der Waals surface area contributed by atoms with Crippen LogP contribution >= 0.6 is 11.8 Å². The van der Waals surface area contributed by atoms with E-state index in [2.05, 4.69) is 5.92 Å². The molecule has 1 aliphatic rings. The lowest BCUT2D eigenvalue weighted by Crippen LogP contribution is -2.28. The Morgan fingerprint density at radius 3 is 2.66 bits per heavy atom. The summed E-state index contributed by atoms with van der Waals surface area (Å²) < 4.78 is 7.18. The average Bonchev–Trinajstić information content (AvgIpc) is 3.11. The van der Waals surface area contributed by atoms with Crippen molar-refractivity contribution in [2.75, 3.05) is 13.7 Å². The number of nitro benzene ring substituents is 1. The van der Waals surface area contributed by atoms with Crippen LogP contribution in [0.5, 0.6) is 5.75 Å². The summed E-state index contributed by atoms with van der Waals surface area (Å²) in [4.78, 5) is 36.4. The quantitative estimate of drug-likeness (QED) is 0.322. The third kappa shape index (κ3) is 3.62. The highest BCUT2D eigenvalue weighted by Gasteiger charge is 2.34. The van der Waals surface area contributed by atoms with Gasteiger partial charge in [-0.2, -0.15) is 0 Å². The second kappa shape index (κ2) is 7.85. The smallest absolute Gasteiger partial charge is 0.294 e. The number of carbonyl (C=O) groups is 2.